The molecule has 92 valence electrons. The van der Waals surface area contributed by atoms with Crippen LogP contribution in [0.2, 0.25) is 0 Å². The number of nitriles is 1. The summed E-state index contributed by atoms with van der Waals surface area (Å²) in [5.74, 6) is -0.267. The average molecular weight is 243 g/mol. The van der Waals surface area contributed by atoms with Crippen molar-refractivity contribution in [1.82, 2.24) is 4.57 Å². The van der Waals surface area contributed by atoms with Gasteiger partial charge in [-0.3, -0.25) is 0 Å². The molecule has 0 atom stereocenters. The van der Waals surface area contributed by atoms with Crippen molar-refractivity contribution in [2.24, 2.45) is 7.05 Å². The fraction of sp³-hybridized carbons (Fsp3) is 0.214. The maximum Gasteiger partial charge on any atom is 0.146 e. The summed E-state index contributed by atoms with van der Waals surface area (Å²) in [5.41, 5.74) is 3.04. The Kier molecular flexibility index (Phi) is 3.33. The molecule has 0 radical (unpaired) electrons. The van der Waals surface area contributed by atoms with E-state index in [1.807, 2.05) is 20.2 Å². The summed E-state index contributed by atoms with van der Waals surface area (Å²) in [4.78, 5) is 0. The van der Waals surface area contributed by atoms with Crippen molar-refractivity contribution in [3.63, 3.8) is 0 Å². The number of aromatic nitrogens is 1. The van der Waals surface area contributed by atoms with Gasteiger partial charge in [0.2, 0.25) is 0 Å². The van der Waals surface area contributed by atoms with Gasteiger partial charge in [-0.2, -0.15) is 5.26 Å². The molecule has 0 spiro atoms. The molecule has 4 heteroatoms. The molecule has 1 heterocycles. The highest BCUT2D eigenvalue weighted by atomic mass is 19.1. The number of hydrogen-bond acceptors (Lipinski definition) is 2. The summed E-state index contributed by atoms with van der Waals surface area (Å²) in [6.45, 7) is 2.41. The van der Waals surface area contributed by atoms with Crippen LogP contribution in [0.1, 0.15) is 16.8 Å². The fourth-order valence-corrected chi connectivity index (χ4v) is 1.81. The largest absolute Gasteiger partial charge is 0.379 e. The number of benzene rings is 1. The van der Waals surface area contributed by atoms with E-state index >= 15 is 0 Å². The zero-order valence-electron chi connectivity index (χ0n) is 10.4. The predicted octanol–water partition coefficient (Wildman–Crippen LogP) is 2.96. The number of hydrogen-bond donors (Lipinski definition) is 1. The van der Waals surface area contributed by atoms with Crippen LogP contribution in [0.15, 0.2) is 30.5 Å². The fourth-order valence-electron chi connectivity index (χ4n) is 1.81. The summed E-state index contributed by atoms with van der Waals surface area (Å²) < 4.78 is 15.3. The highest BCUT2D eigenvalue weighted by Gasteiger charge is 2.04. The van der Waals surface area contributed by atoms with Crippen molar-refractivity contribution in [3.8, 4) is 6.07 Å². The van der Waals surface area contributed by atoms with E-state index in [1.165, 1.54) is 6.07 Å². The van der Waals surface area contributed by atoms with Crippen molar-refractivity contribution < 1.29 is 4.39 Å². The molecule has 0 unspecified atom stereocenters. The SMILES string of the molecule is Cc1ccc(F)c(NCc2cc(C#N)n(C)c2)c1. The molecule has 1 aromatic carbocycles. The minimum atomic E-state index is -0.267. The first-order valence-electron chi connectivity index (χ1n) is 5.65. The van der Waals surface area contributed by atoms with Gasteiger partial charge in [-0.1, -0.05) is 6.07 Å². The third kappa shape index (κ3) is 2.51. The van der Waals surface area contributed by atoms with E-state index in [9.17, 15) is 4.39 Å². The van der Waals surface area contributed by atoms with Gasteiger partial charge in [-0.15, -0.1) is 0 Å². The van der Waals surface area contributed by atoms with Crippen LogP contribution in [0.5, 0.6) is 0 Å². The standard InChI is InChI=1S/C14H14FN3/c1-10-3-4-13(15)14(5-10)17-8-11-6-12(7-16)18(2)9-11/h3-6,9,17H,8H2,1-2H3. The van der Waals surface area contributed by atoms with Crippen LogP contribution in [0.25, 0.3) is 0 Å². The zero-order valence-corrected chi connectivity index (χ0v) is 10.4. The number of aryl methyl sites for hydroxylation is 2. The van der Waals surface area contributed by atoms with Crippen LogP contribution in [0, 0.1) is 24.1 Å². The topological polar surface area (TPSA) is 40.8 Å². The second-order valence-corrected chi connectivity index (χ2v) is 4.29. The highest BCUT2D eigenvalue weighted by Crippen LogP contribution is 2.17. The molecule has 0 aliphatic carbocycles. The van der Waals surface area contributed by atoms with E-state index in [-0.39, 0.29) is 5.82 Å². The van der Waals surface area contributed by atoms with Gasteiger partial charge in [0.15, 0.2) is 0 Å². The number of nitrogens with zero attached hydrogens (tertiary/aromatic N) is 2. The molecule has 1 aromatic heterocycles. The van der Waals surface area contributed by atoms with Crippen LogP contribution in [0.4, 0.5) is 10.1 Å². The van der Waals surface area contributed by atoms with Crippen molar-refractivity contribution in [2.75, 3.05) is 5.32 Å². The molecule has 0 saturated carbocycles. The monoisotopic (exact) mass is 243 g/mol. The molecule has 0 aliphatic heterocycles. The van der Waals surface area contributed by atoms with Gasteiger partial charge in [0.25, 0.3) is 0 Å². The number of rotatable bonds is 3. The third-order valence-electron chi connectivity index (χ3n) is 2.78. The van der Waals surface area contributed by atoms with E-state index in [4.69, 9.17) is 5.26 Å². The van der Waals surface area contributed by atoms with Gasteiger partial charge in [0.05, 0.1) is 5.69 Å². The number of nitrogens with one attached hydrogen (secondary N) is 1. The number of anilines is 1. The van der Waals surface area contributed by atoms with Gasteiger partial charge in [0, 0.05) is 19.8 Å². The minimum Gasteiger partial charge on any atom is -0.379 e. The summed E-state index contributed by atoms with van der Waals surface area (Å²) in [6.07, 6.45) is 1.86. The lowest BCUT2D eigenvalue weighted by atomic mass is 10.2. The van der Waals surface area contributed by atoms with Crippen LogP contribution >= 0.6 is 0 Å². The average Bonchev–Trinajstić information content (AvgIpc) is 2.71. The Labute approximate surface area is 105 Å². The molecule has 2 aromatic rings. The molecule has 0 fully saturated rings. The van der Waals surface area contributed by atoms with Crippen molar-refractivity contribution in [2.45, 2.75) is 13.5 Å². The molecule has 0 bridgehead atoms. The number of halogens is 1. The maximum absolute atomic E-state index is 13.5. The highest BCUT2D eigenvalue weighted by molar-refractivity contribution is 5.47. The third-order valence-corrected chi connectivity index (χ3v) is 2.78. The van der Waals surface area contributed by atoms with Crippen molar-refractivity contribution in [1.29, 1.82) is 5.26 Å². The van der Waals surface area contributed by atoms with Gasteiger partial charge >= 0.3 is 0 Å². The Bertz CT molecular complexity index is 608. The Morgan fingerprint density at radius 1 is 1.39 bits per heavy atom. The molecule has 0 aliphatic rings. The summed E-state index contributed by atoms with van der Waals surface area (Å²) in [5, 5.41) is 11.9. The lowest BCUT2D eigenvalue weighted by Crippen LogP contribution is -2.01. The smallest absolute Gasteiger partial charge is 0.146 e. The van der Waals surface area contributed by atoms with Crippen LogP contribution in [0.3, 0.4) is 0 Å². The molecular formula is C14H14FN3. The Balaban J connectivity index is 2.11. The Hall–Kier alpha value is -2.28. The van der Waals surface area contributed by atoms with Crippen LogP contribution < -0.4 is 5.32 Å². The molecule has 1 N–H and O–H groups in total. The van der Waals surface area contributed by atoms with E-state index in [1.54, 1.807) is 22.8 Å². The normalized spacial score (nSPS) is 10.1. The Morgan fingerprint density at radius 2 is 2.17 bits per heavy atom. The van der Waals surface area contributed by atoms with Gasteiger partial charge in [-0.25, -0.2) is 4.39 Å². The zero-order chi connectivity index (χ0) is 13.1. The summed E-state index contributed by atoms with van der Waals surface area (Å²) in [6, 6.07) is 8.84. The van der Waals surface area contributed by atoms with E-state index in [0.29, 0.717) is 17.9 Å². The summed E-state index contributed by atoms with van der Waals surface area (Å²) >= 11 is 0. The van der Waals surface area contributed by atoms with E-state index in [2.05, 4.69) is 11.4 Å². The first-order valence-corrected chi connectivity index (χ1v) is 5.65. The van der Waals surface area contributed by atoms with Crippen LogP contribution in [-0.4, -0.2) is 4.57 Å². The molecular weight excluding hydrogens is 229 g/mol. The first kappa shape index (κ1) is 12.2. The minimum absolute atomic E-state index is 0.267. The van der Waals surface area contributed by atoms with Crippen molar-refractivity contribution in [3.05, 3.63) is 53.1 Å². The molecule has 18 heavy (non-hydrogen) atoms. The predicted molar refractivity (Wildman–Crippen MR) is 68.6 cm³/mol. The van der Waals surface area contributed by atoms with Gasteiger partial charge < -0.3 is 9.88 Å². The van der Waals surface area contributed by atoms with E-state index in [0.717, 1.165) is 11.1 Å². The maximum atomic E-state index is 13.5. The van der Waals surface area contributed by atoms with Crippen molar-refractivity contribution >= 4 is 5.69 Å². The second kappa shape index (κ2) is 4.92. The molecule has 2 rings (SSSR count). The second-order valence-electron chi connectivity index (χ2n) is 4.29. The Morgan fingerprint density at radius 3 is 2.83 bits per heavy atom. The molecule has 0 amide bonds. The lowest BCUT2D eigenvalue weighted by Gasteiger charge is -2.07. The lowest BCUT2D eigenvalue weighted by molar-refractivity contribution is 0.629. The van der Waals surface area contributed by atoms with Gasteiger partial charge in [0.1, 0.15) is 17.6 Å². The van der Waals surface area contributed by atoms with E-state index < -0.39 is 0 Å². The first-order chi connectivity index (χ1) is 8.60. The van der Waals surface area contributed by atoms with Gasteiger partial charge in [-0.05, 0) is 36.2 Å². The molecule has 0 saturated heterocycles. The summed E-state index contributed by atoms with van der Waals surface area (Å²) in [7, 11) is 1.81. The van der Waals surface area contributed by atoms with Crippen LogP contribution in [-0.2, 0) is 13.6 Å². The quantitative estimate of drug-likeness (QED) is 0.900. The molecule has 3 nitrogen and oxygen atoms in total.